The van der Waals surface area contributed by atoms with Crippen LogP contribution in [0.5, 0.6) is 0 Å². The van der Waals surface area contributed by atoms with Crippen LogP contribution in [0.2, 0.25) is 0 Å². The summed E-state index contributed by atoms with van der Waals surface area (Å²) in [7, 11) is 0. The molecule has 0 heterocycles. The van der Waals surface area contributed by atoms with Gasteiger partial charge in [0.15, 0.2) is 0 Å². The fraction of sp³-hybridized carbons (Fsp3) is 0.870. The Morgan fingerprint density at radius 1 is 0.656 bits per heavy atom. The van der Waals surface area contributed by atoms with E-state index in [4.69, 9.17) is 14.2 Å². The number of hydrogen-bond acceptors (Lipinski definition) is 9. The predicted octanol–water partition coefficient (Wildman–Crippen LogP) is 4.55. The van der Waals surface area contributed by atoms with Crippen LogP contribution in [-0.4, -0.2) is 52.0 Å². The van der Waals surface area contributed by atoms with Gasteiger partial charge in [0.2, 0.25) is 0 Å². The Morgan fingerprint density at radius 3 is 1.28 bits per heavy atom. The van der Waals surface area contributed by atoms with Gasteiger partial charge in [-0.2, -0.15) is 37.9 Å². The molecule has 0 aromatic carbocycles. The van der Waals surface area contributed by atoms with Crippen molar-refractivity contribution in [2.75, 3.05) is 17.3 Å². The minimum Gasteiger partial charge on any atom is -0.459 e. The Balaban J connectivity index is 3.38. The molecule has 186 valence electrons. The molecule has 0 saturated heterocycles. The molecule has 32 heavy (non-hydrogen) atoms. The third-order valence-corrected chi connectivity index (χ3v) is 7.85. The molecule has 0 aliphatic heterocycles. The molecule has 0 amide bonds. The van der Waals surface area contributed by atoms with Gasteiger partial charge in [0, 0.05) is 0 Å². The summed E-state index contributed by atoms with van der Waals surface area (Å²) in [5.74, 6) is -1.12. The first-order chi connectivity index (χ1) is 14.8. The van der Waals surface area contributed by atoms with E-state index in [1.165, 1.54) is 0 Å². The molecular weight excluding hydrogens is 468 g/mol. The lowest BCUT2D eigenvalue weighted by molar-refractivity contribution is -0.183. The normalized spacial score (nSPS) is 22.2. The maximum absolute atomic E-state index is 12.3. The lowest BCUT2D eigenvalue weighted by Crippen LogP contribution is -2.52. The first kappa shape index (κ1) is 29.5. The highest BCUT2D eigenvalue weighted by atomic mass is 32.1. The van der Waals surface area contributed by atoms with E-state index in [1.807, 2.05) is 41.5 Å². The van der Waals surface area contributed by atoms with Gasteiger partial charge in [0.05, 0.1) is 17.3 Å². The van der Waals surface area contributed by atoms with Gasteiger partial charge < -0.3 is 14.2 Å². The molecule has 0 bridgehead atoms. The predicted molar refractivity (Wildman–Crippen MR) is 136 cm³/mol. The fourth-order valence-corrected chi connectivity index (χ4v) is 5.21. The minimum absolute atomic E-state index is 0.00146. The maximum atomic E-state index is 12.3. The summed E-state index contributed by atoms with van der Waals surface area (Å²) < 4.78 is 17.5. The molecule has 9 heteroatoms. The van der Waals surface area contributed by atoms with Gasteiger partial charge in [0.1, 0.15) is 16.8 Å². The third-order valence-electron chi connectivity index (χ3n) is 7.07. The standard InChI is InChI=1S/C23H40O6S3/c1-7-23(8-2,29-20(26)14-32)17-10-15(21(3,4)27-18(24)12-30)9-16(11-17)22(5,6)28-19(25)13-31/h15-17,30-32H,7-14H2,1-6H3. The van der Waals surface area contributed by atoms with E-state index < -0.39 is 16.8 Å². The molecule has 1 rings (SSSR count). The first-order valence-electron chi connectivity index (χ1n) is 11.3. The Labute approximate surface area is 209 Å². The molecule has 1 saturated carbocycles. The molecule has 0 radical (unpaired) electrons. The molecule has 6 nitrogen and oxygen atoms in total. The second-order valence-electron chi connectivity index (χ2n) is 9.67. The monoisotopic (exact) mass is 508 g/mol. The molecule has 1 aliphatic carbocycles. The fourth-order valence-electron chi connectivity index (χ4n) is 5.02. The Hall–Kier alpha value is -0.540. The molecule has 0 N–H and O–H groups in total. The van der Waals surface area contributed by atoms with Crippen LogP contribution in [0.4, 0.5) is 0 Å². The van der Waals surface area contributed by atoms with Crippen LogP contribution >= 0.6 is 37.9 Å². The Morgan fingerprint density at radius 2 is 0.969 bits per heavy atom. The van der Waals surface area contributed by atoms with E-state index in [2.05, 4.69) is 37.9 Å². The van der Waals surface area contributed by atoms with Crippen molar-refractivity contribution in [1.82, 2.24) is 0 Å². The van der Waals surface area contributed by atoms with Gasteiger partial charge in [-0.3, -0.25) is 14.4 Å². The van der Waals surface area contributed by atoms with E-state index in [9.17, 15) is 14.4 Å². The van der Waals surface area contributed by atoms with Crippen LogP contribution in [0, 0.1) is 17.8 Å². The molecule has 1 aliphatic rings. The highest BCUT2D eigenvalue weighted by Crippen LogP contribution is 2.50. The number of carbonyl (C=O) groups excluding carboxylic acids is 3. The van der Waals surface area contributed by atoms with E-state index in [1.54, 1.807) is 0 Å². The van der Waals surface area contributed by atoms with Crippen molar-refractivity contribution in [1.29, 1.82) is 0 Å². The summed E-state index contributed by atoms with van der Waals surface area (Å²) in [4.78, 5) is 36.4. The second-order valence-corrected chi connectivity index (χ2v) is 10.6. The quantitative estimate of drug-likeness (QED) is 0.216. The molecule has 0 spiro atoms. The summed E-state index contributed by atoms with van der Waals surface area (Å²) in [6.45, 7) is 11.7. The molecular formula is C23H40O6S3. The summed E-state index contributed by atoms with van der Waals surface area (Å²) in [5, 5.41) is 0. The minimum atomic E-state index is -0.749. The Bertz CT molecular complexity index is 622. The van der Waals surface area contributed by atoms with Crippen molar-refractivity contribution < 1.29 is 28.6 Å². The molecule has 2 atom stereocenters. The lowest BCUT2D eigenvalue weighted by atomic mass is 9.60. The number of hydrogen-bond donors (Lipinski definition) is 3. The van der Waals surface area contributed by atoms with Crippen LogP contribution in [0.15, 0.2) is 0 Å². The molecule has 2 unspecified atom stereocenters. The number of esters is 3. The van der Waals surface area contributed by atoms with Gasteiger partial charge in [0.25, 0.3) is 0 Å². The van der Waals surface area contributed by atoms with Crippen LogP contribution in [0.3, 0.4) is 0 Å². The second kappa shape index (κ2) is 12.2. The van der Waals surface area contributed by atoms with Crippen molar-refractivity contribution in [3.8, 4) is 0 Å². The van der Waals surface area contributed by atoms with Crippen LogP contribution in [-0.2, 0) is 28.6 Å². The van der Waals surface area contributed by atoms with Crippen molar-refractivity contribution >= 4 is 55.8 Å². The summed E-state index contributed by atoms with van der Waals surface area (Å²) in [6, 6.07) is 0. The maximum Gasteiger partial charge on any atom is 0.316 e. The summed E-state index contributed by atoms with van der Waals surface area (Å²) in [5.41, 5.74) is -2.16. The average Bonchev–Trinajstić information content (AvgIpc) is 2.76. The van der Waals surface area contributed by atoms with Gasteiger partial charge in [-0.05, 0) is 77.6 Å². The number of rotatable bonds is 11. The van der Waals surface area contributed by atoms with E-state index >= 15 is 0 Å². The number of carbonyl (C=O) groups is 3. The van der Waals surface area contributed by atoms with Crippen molar-refractivity contribution in [3.63, 3.8) is 0 Å². The van der Waals surface area contributed by atoms with Gasteiger partial charge >= 0.3 is 17.9 Å². The number of thiol groups is 3. The van der Waals surface area contributed by atoms with Crippen LogP contribution in [0.25, 0.3) is 0 Å². The van der Waals surface area contributed by atoms with E-state index in [-0.39, 0.29) is 52.9 Å². The zero-order valence-corrected chi connectivity index (χ0v) is 22.9. The average molecular weight is 509 g/mol. The molecule has 0 aromatic rings. The molecule has 0 aromatic heterocycles. The van der Waals surface area contributed by atoms with Gasteiger partial charge in [-0.1, -0.05) is 13.8 Å². The van der Waals surface area contributed by atoms with E-state index in [0.717, 1.165) is 12.8 Å². The largest absolute Gasteiger partial charge is 0.459 e. The van der Waals surface area contributed by atoms with Gasteiger partial charge in [-0.25, -0.2) is 0 Å². The number of ether oxygens (including phenoxy) is 3. The SMILES string of the molecule is CCC(CC)(OC(=O)CS)C1CC(C(C)(C)OC(=O)CS)CC(C(C)(C)OC(=O)CS)C1. The summed E-state index contributed by atoms with van der Waals surface area (Å²) in [6.07, 6.45) is 3.46. The zero-order chi connectivity index (χ0) is 24.7. The van der Waals surface area contributed by atoms with E-state index in [0.29, 0.717) is 19.3 Å². The van der Waals surface area contributed by atoms with Gasteiger partial charge in [-0.15, -0.1) is 0 Å². The highest BCUT2D eigenvalue weighted by Gasteiger charge is 2.51. The first-order valence-corrected chi connectivity index (χ1v) is 13.2. The smallest absolute Gasteiger partial charge is 0.316 e. The third kappa shape index (κ3) is 7.49. The highest BCUT2D eigenvalue weighted by molar-refractivity contribution is 7.81. The summed E-state index contributed by atoms with van der Waals surface area (Å²) >= 11 is 12.2. The van der Waals surface area contributed by atoms with Crippen molar-refractivity contribution in [2.24, 2.45) is 17.8 Å². The Kier molecular flexibility index (Phi) is 11.3. The van der Waals surface area contributed by atoms with Crippen molar-refractivity contribution in [2.45, 2.75) is 90.4 Å². The van der Waals surface area contributed by atoms with Crippen LogP contribution < -0.4 is 0 Å². The molecule has 1 fully saturated rings. The lowest BCUT2D eigenvalue weighted by Gasteiger charge is -2.51. The van der Waals surface area contributed by atoms with Crippen molar-refractivity contribution in [3.05, 3.63) is 0 Å². The van der Waals surface area contributed by atoms with Crippen LogP contribution in [0.1, 0.15) is 73.6 Å². The topological polar surface area (TPSA) is 78.9 Å². The zero-order valence-electron chi connectivity index (χ0n) is 20.2.